The van der Waals surface area contributed by atoms with Crippen molar-refractivity contribution in [1.29, 1.82) is 0 Å². The van der Waals surface area contributed by atoms with Gasteiger partial charge in [0.25, 0.3) is 0 Å². The first-order valence-electron chi connectivity index (χ1n) is 9.25. The molecule has 0 saturated heterocycles. The summed E-state index contributed by atoms with van der Waals surface area (Å²) in [5, 5.41) is 20.5. The maximum atomic E-state index is 13.0. The smallest absolute Gasteiger partial charge is 0.136 e. The number of aliphatic hydroxyl groups is 2. The summed E-state index contributed by atoms with van der Waals surface area (Å²) in [5.41, 5.74) is 0.195. The summed E-state index contributed by atoms with van der Waals surface area (Å²) in [5.74, 6) is 1.85. The molecule has 2 N–H and O–H groups in total. The summed E-state index contributed by atoms with van der Waals surface area (Å²) in [7, 11) is 0. The first-order chi connectivity index (χ1) is 10.4. The molecule has 4 saturated carbocycles. The number of carbonyl (C=O) groups is 1. The maximum Gasteiger partial charge on any atom is 0.136 e. The number of Topliss-reactive ketones (excluding diaryl/α,β-unsaturated/α-hetero) is 1. The van der Waals surface area contributed by atoms with Crippen molar-refractivity contribution < 1.29 is 15.0 Å². The van der Waals surface area contributed by atoms with Gasteiger partial charge in [-0.25, -0.2) is 0 Å². The van der Waals surface area contributed by atoms with Gasteiger partial charge in [0, 0.05) is 12.3 Å². The van der Waals surface area contributed by atoms with Crippen molar-refractivity contribution in [3.05, 3.63) is 0 Å². The van der Waals surface area contributed by atoms with Crippen LogP contribution in [0, 0.1) is 34.5 Å². The van der Waals surface area contributed by atoms with Gasteiger partial charge in [0.1, 0.15) is 5.78 Å². The fourth-order valence-corrected chi connectivity index (χ4v) is 6.88. The molecule has 0 aromatic carbocycles. The third kappa shape index (κ3) is 1.84. The summed E-state index contributed by atoms with van der Waals surface area (Å²) in [6.07, 6.45) is 7.07. The van der Waals surface area contributed by atoms with Crippen molar-refractivity contribution in [2.75, 3.05) is 0 Å². The van der Waals surface area contributed by atoms with E-state index in [-0.39, 0.29) is 29.0 Å². The zero-order chi connectivity index (χ0) is 15.7. The molecule has 0 aromatic rings. The molecule has 3 nitrogen and oxygen atoms in total. The van der Waals surface area contributed by atoms with Crippen molar-refractivity contribution in [2.24, 2.45) is 34.5 Å². The second-order valence-corrected chi connectivity index (χ2v) is 9.18. The molecule has 4 aliphatic rings. The second-order valence-electron chi connectivity index (χ2n) is 9.18. The van der Waals surface area contributed by atoms with Crippen LogP contribution >= 0.6 is 0 Å². The van der Waals surface area contributed by atoms with Crippen LogP contribution in [0.3, 0.4) is 0 Å². The highest BCUT2D eigenvalue weighted by molar-refractivity contribution is 5.83. The molecule has 4 rings (SSSR count). The fraction of sp³-hybridized carbons (Fsp3) is 0.947. The van der Waals surface area contributed by atoms with Gasteiger partial charge in [0.2, 0.25) is 0 Å². The third-order valence-electron chi connectivity index (χ3n) is 8.39. The lowest BCUT2D eigenvalue weighted by molar-refractivity contribution is -0.162. The Morgan fingerprint density at radius 3 is 2.41 bits per heavy atom. The summed E-state index contributed by atoms with van der Waals surface area (Å²) in [6.45, 7) is 4.61. The summed E-state index contributed by atoms with van der Waals surface area (Å²) < 4.78 is 0. The van der Waals surface area contributed by atoms with E-state index in [0.717, 1.165) is 44.9 Å². The van der Waals surface area contributed by atoms with Gasteiger partial charge in [0.15, 0.2) is 0 Å². The Morgan fingerprint density at radius 2 is 1.64 bits per heavy atom. The van der Waals surface area contributed by atoms with Crippen molar-refractivity contribution in [2.45, 2.75) is 77.4 Å². The highest BCUT2D eigenvalue weighted by Crippen LogP contribution is 2.65. The molecular weight excluding hydrogens is 276 g/mol. The van der Waals surface area contributed by atoms with Crippen LogP contribution in [-0.2, 0) is 4.79 Å². The minimum atomic E-state index is -0.218. The Hall–Kier alpha value is -0.410. The van der Waals surface area contributed by atoms with E-state index in [1.165, 1.54) is 0 Å². The molecule has 0 bridgehead atoms. The van der Waals surface area contributed by atoms with Gasteiger partial charge in [-0.2, -0.15) is 0 Å². The van der Waals surface area contributed by atoms with Gasteiger partial charge in [-0.1, -0.05) is 13.8 Å². The van der Waals surface area contributed by atoms with Crippen molar-refractivity contribution in [3.63, 3.8) is 0 Å². The lowest BCUT2D eigenvalue weighted by atomic mass is 9.45. The highest BCUT2D eigenvalue weighted by Gasteiger charge is 2.62. The maximum absolute atomic E-state index is 13.0. The van der Waals surface area contributed by atoms with E-state index in [9.17, 15) is 15.0 Å². The number of carbonyl (C=O) groups excluding carboxylic acids is 1. The second kappa shape index (κ2) is 4.80. The number of fused-ring (bicyclic) bond motifs is 5. The summed E-state index contributed by atoms with van der Waals surface area (Å²) >= 11 is 0. The molecule has 0 aromatic heterocycles. The highest BCUT2D eigenvalue weighted by atomic mass is 16.3. The van der Waals surface area contributed by atoms with Crippen LogP contribution in [0.1, 0.15) is 65.2 Å². The quantitative estimate of drug-likeness (QED) is 0.723. The largest absolute Gasteiger partial charge is 0.393 e. The molecule has 4 aliphatic carbocycles. The summed E-state index contributed by atoms with van der Waals surface area (Å²) in [6, 6.07) is 0. The van der Waals surface area contributed by atoms with E-state index in [0.29, 0.717) is 30.0 Å². The standard InChI is InChI=1S/C19H30O3/c1-18-7-5-12(20)9-11(18)10-15(21)17-13-3-4-16(22)19(13,2)8-6-14(17)18/h11-14,16-17,20,22H,3-10H2,1-2H3/t11-,12+,13+,14-,16+,17-,18+,19+/m1/s1. The SMILES string of the molecule is C[C@]12CC[C@H](O)C[C@@H]1CC(=O)[C@H]1[C@H]2CC[C@]2(C)[C@@H](O)CC[C@@H]12. The zero-order valence-corrected chi connectivity index (χ0v) is 13.9. The van der Waals surface area contributed by atoms with Gasteiger partial charge >= 0.3 is 0 Å². The molecule has 0 spiro atoms. The predicted molar refractivity (Wildman–Crippen MR) is 84.1 cm³/mol. The third-order valence-corrected chi connectivity index (χ3v) is 8.39. The van der Waals surface area contributed by atoms with Gasteiger partial charge in [-0.05, 0) is 73.5 Å². The van der Waals surface area contributed by atoms with Gasteiger partial charge in [-0.15, -0.1) is 0 Å². The zero-order valence-electron chi connectivity index (χ0n) is 13.9. The molecule has 4 fully saturated rings. The van der Waals surface area contributed by atoms with Crippen LogP contribution in [0.15, 0.2) is 0 Å². The molecule has 0 unspecified atom stereocenters. The van der Waals surface area contributed by atoms with E-state index < -0.39 is 0 Å². The average molecular weight is 306 g/mol. The lowest BCUT2D eigenvalue weighted by Crippen LogP contribution is -2.57. The first kappa shape index (κ1) is 15.1. The number of rotatable bonds is 0. The van der Waals surface area contributed by atoms with Crippen molar-refractivity contribution in [1.82, 2.24) is 0 Å². The Balaban J connectivity index is 1.69. The normalized spacial score (nSPS) is 57.9. The Labute approximate surface area is 133 Å². The number of hydrogen-bond donors (Lipinski definition) is 2. The Morgan fingerprint density at radius 1 is 0.955 bits per heavy atom. The van der Waals surface area contributed by atoms with E-state index in [2.05, 4.69) is 13.8 Å². The van der Waals surface area contributed by atoms with E-state index in [1.807, 2.05) is 0 Å². The fourth-order valence-electron chi connectivity index (χ4n) is 6.88. The molecule has 0 aliphatic heterocycles. The molecule has 3 heteroatoms. The topological polar surface area (TPSA) is 57.5 Å². The predicted octanol–water partition coefficient (Wildman–Crippen LogP) is 2.93. The van der Waals surface area contributed by atoms with Crippen molar-refractivity contribution in [3.8, 4) is 0 Å². The number of hydrogen-bond acceptors (Lipinski definition) is 3. The molecular formula is C19H30O3. The molecule has 124 valence electrons. The lowest BCUT2D eigenvalue weighted by Gasteiger charge is -2.59. The summed E-state index contributed by atoms with van der Waals surface area (Å²) in [4.78, 5) is 13.0. The molecule has 22 heavy (non-hydrogen) atoms. The first-order valence-corrected chi connectivity index (χ1v) is 9.25. The number of aliphatic hydroxyl groups excluding tert-OH is 2. The van der Waals surface area contributed by atoms with Crippen LogP contribution < -0.4 is 0 Å². The molecule has 0 heterocycles. The van der Waals surface area contributed by atoms with Crippen LogP contribution in [0.2, 0.25) is 0 Å². The average Bonchev–Trinajstić information content (AvgIpc) is 2.77. The van der Waals surface area contributed by atoms with Crippen molar-refractivity contribution >= 4 is 5.78 Å². The van der Waals surface area contributed by atoms with E-state index in [4.69, 9.17) is 0 Å². The molecule has 0 radical (unpaired) electrons. The van der Waals surface area contributed by atoms with Crippen LogP contribution in [0.4, 0.5) is 0 Å². The van der Waals surface area contributed by atoms with Gasteiger partial charge in [0.05, 0.1) is 12.2 Å². The Kier molecular flexibility index (Phi) is 3.30. The van der Waals surface area contributed by atoms with Gasteiger partial charge < -0.3 is 10.2 Å². The van der Waals surface area contributed by atoms with E-state index >= 15 is 0 Å². The Bertz CT molecular complexity index is 489. The van der Waals surface area contributed by atoms with Crippen LogP contribution in [0.25, 0.3) is 0 Å². The minimum Gasteiger partial charge on any atom is -0.393 e. The minimum absolute atomic E-state index is 0.0335. The monoisotopic (exact) mass is 306 g/mol. The van der Waals surface area contributed by atoms with Gasteiger partial charge in [-0.3, -0.25) is 4.79 Å². The molecule has 8 atom stereocenters. The van der Waals surface area contributed by atoms with Crippen LogP contribution in [0.5, 0.6) is 0 Å². The van der Waals surface area contributed by atoms with Crippen LogP contribution in [-0.4, -0.2) is 28.2 Å². The molecule has 0 amide bonds. The number of ketones is 1. The van der Waals surface area contributed by atoms with E-state index in [1.54, 1.807) is 0 Å².